The van der Waals surface area contributed by atoms with Gasteiger partial charge in [-0.15, -0.1) is 0 Å². The van der Waals surface area contributed by atoms with Crippen molar-refractivity contribution in [1.29, 1.82) is 0 Å². The molecular formula is C13H17NO5. The number of methoxy groups -OCH3 is 1. The fourth-order valence-electron chi connectivity index (χ4n) is 1.51. The van der Waals surface area contributed by atoms with Gasteiger partial charge in [0, 0.05) is 6.42 Å². The van der Waals surface area contributed by atoms with Gasteiger partial charge in [0.15, 0.2) is 0 Å². The standard InChI is InChI=1S/C13H17NO5/c1-3-19-13(17)14-11(12(15)16)8-9-4-6-10(18-2)7-5-9/h4-7,11H,3,8H2,1-2H3,(H,14,17)(H,15,16)/t11-/m1/s1. The normalized spacial score (nSPS) is 11.5. The Balaban J connectivity index is 2.66. The molecule has 0 aromatic heterocycles. The van der Waals surface area contributed by atoms with Crippen molar-refractivity contribution in [3.63, 3.8) is 0 Å². The molecule has 2 N–H and O–H groups in total. The van der Waals surface area contributed by atoms with Crippen LogP contribution in [0.4, 0.5) is 4.79 Å². The third-order valence-corrected chi connectivity index (χ3v) is 2.46. The minimum Gasteiger partial charge on any atom is -0.497 e. The summed E-state index contributed by atoms with van der Waals surface area (Å²) in [7, 11) is 1.55. The number of aliphatic carboxylic acids is 1. The highest BCUT2D eigenvalue weighted by atomic mass is 16.5. The smallest absolute Gasteiger partial charge is 0.407 e. The fourth-order valence-corrected chi connectivity index (χ4v) is 1.51. The Morgan fingerprint density at radius 2 is 1.95 bits per heavy atom. The molecule has 0 saturated heterocycles. The molecule has 6 heteroatoms. The summed E-state index contributed by atoms with van der Waals surface area (Å²) in [4.78, 5) is 22.3. The summed E-state index contributed by atoms with van der Waals surface area (Å²) in [5, 5.41) is 11.4. The first-order valence-electron chi connectivity index (χ1n) is 5.85. The van der Waals surface area contributed by atoms with E-state index >= 15 is 0 Å². The van der Waals surface area contributed by atoms with Crippen LogP contribution in [-0.4, -0.2) is 36.9 Å². The summed E-state index contributed by atoms with van der Waals surface area (Å²) < 4.78 is 9.68. The Morgan fingerprint density at radius 1 is 1.32 bits per heavy atom. The molecule has 19 heavy (non-hydrogen) atoms. The number of ether oxygens (including phenoxy) is 2. The van der Waals surface area contributed by atoms with Gasteiger partial charge in [0.2, 0.25) is 0 Å². The molecular weight excluding hydrogens is 250 g/mol. The van der Waals surface area contributed by atoms with Crippen LogP contribution in [0.25, 0.3) is 0 Å². The third kappa shape index (κ3) is 4.87. The van der Waals surface area contributed by atoms with Gasteiger partial charge in [-0.1, -0.05) is 12.1 Å². The lowest BCUT2D eigenvalue weighted by molar-refractivity contribution is -0.139. The number of alkyl carbamates (subject to hydrolysis) is 1. The van der Waals surface area contributed by atoms with Crippen LogP contribution in [0.15, 0.2) is 24.3 Å². The highest BCUT2D eigenvalue weighted by molar-refractivity contribution is 5.80. The lowest BCUT2D eigenvalue weighted by Gasteiger charge is -2.14. The van der Waals surface area contributed by atoms with Gasteiger partial charge >= 0.3 is 12.1 Å². The zero-order valence-electron chi connectivity index (χ0n) is 10.9. The van der Waals surface area contributed by atoms with E-state index in [4.69, 9.17) is 9.84 Å². The van der Waals surface area contributed by atoms with Crippen LogP contribution >= 0.6 is 0 Å². The average Bonchev–Trinajstić information content (AvgIpc) is 2.39. The van der Waals surface area contributed by atoms with Gasteiger partial charge in [-0.05, 0) is 24.6 Å². The van der Waals surface area contributed by atoms with Gasteiger partial charge in [0.1, 0.15) is 11.8 Å². The Kier molecular flexibility index (Phi) is 5.66. The summed E-state index contributed by atoms with van der Waals surface area (Å²) in [6.07, 6.45) is -0.554. The average molecular weight is 267 g/mol. The van der Waals surface area contributed by atoms with E-state index in [1.54, 1.807) is 38.3 Å². The summed E-state index contributed by atoms with van der Waals surface area (Å²) >= 11 is 0. The predicted molar refractivity (Wildman–Crippen MR) is 68.3 cm³/mol. The minimum absolute atomic E-state index is 0.179. The highest BCUT2D eigenvalue weighted by Gasteiger charge is 2.20. The second-order valence-electron chi connectivity index (χ2n) is 3.81. The van der Waals surface area contributed by atoms with Crippen LogP contribution in [0.3, 0.4) is 0 Å². The van der Waals surface area contributed by atoms with E-state index in [1.807, 2.05) is 0 Å². The summed E-state index contributed by atoms with van der Waals surface area (Å²) in [6, 6.07) is 5.95. The van der Waals surface area contributed by atoms with Gasteiger partial charge in [0.25, 0.3) is 0 Å². The molecule has 0 heterocycles. The molecule has 6 nitrogen and oxygen atoms in total. The zero-order chi connectivity index (χ0) is 14.3. The van der Waals surface area contributed by atoms with E-state index in [1.165, 1.54) is 0 Å². The van der Waals surface area contributed by atoms with Gasteiger partial charge in [-0.2, -0.15) is 0 Å². The molecule has 1 rings (SSSR count). The molecule has 0 unspecified atom stereocenters. The number of benzene rings is 1. The van der Waals surface area contributed by atoms with E-state index in [0.717, 1.165) is 5.56 Å². The number of nitrogens with one attached hydrogen (secondary N) is 1. The number of amides is 1. The zero-order valence-corrected chi connectivity index (χ0v) is 10.9. The van der Waals surface area contributed by atoms with Crippen molar-refractivity contribution in [3.05, 3.63) is 29.8 Å². The Bertz CT molecular complexity index is 429. The molecule has 104 valence electrons. The molecule has 1 aromatic rings. The molecule has 0 aliphatic carbocycles. The number of rotatable bonds is 6. The summed E-state index contributed by atoms with van der Waals surface area (Å²) in [5.74, 6) is -0.419. The van der Waals surface area contributed by atoms with Crippen LogP contribution in [0.2, 0.25) is 0 Å². The van der Waals surface area contributed by atoms with E-state index in [0.29, 0.717) is 5.75 Å². The third-order valence-electron chi connectivity index (χ3n) is 2.46. The van der Waals surface area contributed by atoms with Gasteiger partial charge in [0.05, 0.1) is 13.7 Å². The van der Waals surface area contributed by atoms with E-state index in [-0.39, 0.29) is 13.0 Å². The molecule has 0 aliphatic rings. The monoisotopic (exact) mass is 267 g/mol. The van der Waals surface area contributed by atoms with Gasteiger partial charge < -0.3 is 19.9 Å². The molecule has 0 fully saturated rings. The van der Waals surface area contributed by atoms with Crippen molar-refractivity contribution >= 4 is 12.1 Å². The van der Waals surface area contributed by atoms with Crippen molar-refractivity contribution in [3.8, 4) is 5.75 Å². The van der Waals surface area contributed by atoms with Crippen LogP contribution in [0.5, 0.6) is 5.75 Å². The minimum atomic E-state index is -1.11. The Labute approximate surface area is 111 Å². The number of hydrogen-bond acceptors (Lipinski definition) is 4. The van der Waals surface area contributed by atoms with Crippen LogP contribution in [-0.2, 0) is 16.0 Å². The maximum absolute atomic E-state index is 11.2. The number of hydrogen-bond donors (Lipinski definition) is 2. The molecule has 0 spiro atoms. The van der Waals surface area contributed by atoms with Crippen LogP contribution in [0, 0.1) is 0 Å². The molecule has 1 atom stereocenters. The Hall–Kier alpha value is -2.24. The second-order valence-corrected chi connectivity index (χ2v) is 3.81. The first-order valence-corrected chi connectivity index (χ1v) is 5.85. The first kappa shape index (κ1) is 14.8. The van der Waals surface area contributed by atoms with Crippen molar-refractivity contribution in [2.45, 2.75) is 19.4 Å². The van der Waals surface area contributed by atoms with Crippen molar-refractivity contribution in [2.24, 2.45) is 0 Å². The predicted octanol–water partition coefficient (Wildman–Crippen LogP) is 1.44. The van der Waals surface area contributed by atoms with Crippen molar-refractivity contribution < 1.29 is 24.2 Å². The summed E-state index contributed by atoms with van der Waals surface area (Å²) in [5.41, 5.74) is 0.782. The van der Waals surface area contributed by atoms with E-state index in [9.17, 15) is 9.59 Å². The molecule has 0 bridgehead atoms. The lowest BCUT2D eigenvalue weighted by Crippen LogP contribution is -2.42. The van der Waals surface area contributed by atoms with Crippen molar-refractivity contribution in [1.82, 2.24) is 5.32 Å². The molecule has 1 aromatic carbocycles. The van der Waals surface area contributed by atoms with Crippen LogP contribution < -0.4 is 10.1 Å². The highest BCUT2D eigenvalue weighted by Crippen LogP contribution is 2.12. The molecule has 0 aliphatic heterocycles. The second kappa shape index (κ2) is 7.25. The van der Waals surface area contributed by atoms with Crippen LogP contribution in [0.1, 0.15) is 12.5 Å². The molecule has 0 saturated carbocycles. The molecule has 1 amide bonds. The molecule has 0 radical (unpaired) electrons. The number of carboxylic acid groups (broad SMARTS) is 1. The lowest BCUT2D eigenvalue weighted by atomic mass is 10.1. The largest absolute Gasteiger partial charge is 0.497 e. The fraction of sp³-hybridized carbons (Fsp3) is 0.385. The van der Waals surface area contributed by atoms with Crippen molar-refractivity contribution in [2.75, 3.05) is 13.7 Å². The summed E-state index contributed by atoms with van der Waals surface area (Å²) in [6.45, 7) is 1.85. The van der Waals surface area contributed by atoms with Gasteiger partial charge in [-0.25, -0.2) is 9.59 Å². The van der Waals surface area contributed by atoms with Gasteiger partial charge in [-0.3, -0.25) is 0 Å². The van der Waals surface area contributed by atoms with E-state index in [2.05, 4.69) is 10.1 Å². The first-order chi connectivity index (χ1) is 9.06. The van der Waals surface area contributed by atoms with E-state index < -0.39 is 18.1 Å². The topological polar surface area (TPSA) is 84.9 Å². The maximum Gasteiger partial charge on any atom is 0.407 e. The maximum atomic E-state index is 11.2. The Morgan fingerprint density at radius 3 is 2.42 bits per heavy atom. The number of carboxylic acids is 1. The SMILES string of the molecule is CCOC(=O)N[C@H](Cc1ccc(OC)cc1)C(=O)O. The number of carbonyl (C=O) groups is 2. The quantitative estimate of drug-likeness (QED) is 0.814. The number of carbonyl (C=O) groups excluding carboxylic acids is 1.